The number of halogens is 2. The molecule has 2 aliphatic rings. The Morgan fingerprint density at radius 3 is 2.00 bits per heavy atom. The van der Waals surface area contributed by atoms with Crippen molar-refractivity contribution >= 4 is 0 Å². The molecule has 2 aliphatic carbocycles. The van der Waals surface area contributed by atoms with Gasteiger partial charge in [0.15, 0.2) is 0 Å². The first-order valence-electron chi connectivity index (χ1n) is 8.45. The molecule has 3 rings (SSSR count). The molecule has 0 amide bonds. The molecule has 0 aromatic carbocycles. The first kappa shape index (κ1) is 14.9. The van der Waals surface area contributed by atoms with Crippen molar-refractivity contribution in [1.82, 2.24) is 4.98 Å². The van der Waals surface area contributed by atoms with E-state index in [-0.39, 0.29) is 5.92 Å². The third kappa shape index (κ3) is 3.44. The normalized spacial score (nSPS) is 33.9. The molecular weight excluding hydrogens is 268 g/mol. The molecule has 0 radical (unpaired) electrons. The van der Waals surface area contributed by atoms with Gasteiger partial charge in [0.05, 0.1) is 0 Å². The van der Waals surface area contributed by atoms with E-state index in [1.165, 1.54) is 44.6 Å². The van der Waals surface area contributed by atoms with E-state index in [4.69, 9.17) is 0 Å². The fourth-order valence-electron chi connectivity index (χ4n) is 4.39. The third-order valence-corrected chi connectivity index (χ3v) is 5.78. The summed E-state index contributed by atoms with van der Waals surface area (Å²) in [7, 11) is 0. The summed E-state index contributed by atoms with van der Waals surface area (Å²) in [5.41, 5.74) is 0.618. The van der Waals surface area contributed by atoms with Crippen molar-refractivity contribution in [3.63, 3.8) is 0 Å². The van der Waals surface area contributed by atoms with E-state index in [1.807, 2.05) is 0 Å². The fraction of sp³-hybridized carbons (Fsp3) is 0.722. The molecule has 0 N–H and O–H groups in total. The Labute approximate surface area is 126 Å². The molecule has 1 nitrogen and oxygen atoms in total. The van der Waals surface area contributed by atoms with Crippen molar-refractivity contribution in [2.24, 2.45) is 17.8 Å². The monoisotopic (exact) mass is 293 g/mol. The Kier molecular flexibility index (Phi) is 4.56. The highest BCUT2D eigenvalue weighted by molar-refractivity contribution is 5.17. The lowest BCUT2D eigenvalue weighted by atomic mass is 9.68. The maximum Gasteiger partial charge on any atom is 0.218 e. The number of hydrogen-bond acceptors (Lipinski definition) is 1. The van der Waals surface area contributed by atoms with Gasteiger partial charge in [-0.2, -0.15) is 13.8 Å². The number of pyridine rings is 1. The van der Waals surface area contributed by atoms with Gasteiger partial charge >= 0.3 is 0 Å². The summed E-state index contributed by atoms with van der Waals surface area (Å²) in [4.78, 5) is 3.33. The Hall–Kier alpha value is -0.990. The molecule has 0 unspecified atom stereocenters. The summed E-state index contributed by atoms with van der Waals surface area (Å²) in [5, 5.41) is 0. The van der Waals surface area contributed by atoms with E-state index in [9.17, 15) is 8.78 Å². The molecule has 0 bridgehead atoms. The van der Waals surface area contributed by atoms with Crippen LogP contribution in [0.3, 0.4) is 0 Å². The first-order chi connectivity index (χ1) is 10.1. The van der Waals surface area contributed by atoms with Crippen LogP contribution in [0.5, 0.6) is 0 Å². The average molecular weight is 293 g/mol. The molecule has 0 spiro atoms. The van der Waals surface area contributed by atoms with Gasteiger partial charge in [-0.3, -0.25) is 0 Å². The minimum Gasteiger partial charge on any atom is -0.190 e. The number of hydrogen-bond donors (Lipinski definition) is 0. The quantitative estimate of drug-likeness (QED) is 0.660. The van der Waals surface area contributed by atoms with Crippen LogP contribution in [0.4, 0.5) is 8.78 Å². The molecule has 116 valence electrons. The second kappa shape index (κ2) is 6.41. The van der Waals surface area contributed by atoms with Crippen molar-refractivity contribution in [3.8, 4) is 0 Å². The highest BCUT2D eigenvalue weighted by Gasteiger charge is 2.31. The Morgan fingerprint density at radius 1 is 0.857 bits per heavy atom. The molecule has 3 heteroatoms. The topological polar surface area (TPSA) is 12.9 Å². The predicted octanol–water partition coefficient (Wildman–Crippen LogP) is 5.46. The van der Waals surface area contributed by atoms with Crippen LogP contribution >= 0.6 is 0 Å². The first-order valence-corrected chi connectivity index (χ1v) is 8.45. The Bertz CT molecular complexity index is 472. The molecule has 0 aliphatic heterocycles. The molecule has 1 aromatic heterocycles. The lowest BCUT2D eigenvalue weighted by molar-refractivity contribution is 0.164. The third-order valence-electron chi connectivity index (χ3n) is 5.78. The van der Waals surface area contributed by atoms with Crippen molar-refractivity contribution in [2.75, 3.05) is 0 Å². The van der Waals surface area contributed by atoms with E-state index in [1.54, 1.807) is 6.07 Å². The second-order valence-electron chi connectivity index (χ2n) is 7.15. The minimum absolute atomic E-state index is 0.233. The van der Waals surface area contributed by atoms with Crippen LogP contribution in [0.15, 0.2) is 12.1 Å². The van der Waals surface area contributed by atoms with Crippen molar-refractivity contribution in [3.05, 3.63) is 29.6 Å². The SMILES string of the molecule is C[C@H]1CC[C@H](C2CCC(c3ccc(F)nc3F)CC2)CC1. The van der Waals surface area contributed by atoms with Crippen molar-refractivity contribution in [2.45, 2.75) is 64.2 Å². The molecule has 1 aromatic rings. The summed E-state index contributed by atoms with van der Waals surface area (Å²) in [5.74, 6) is 1.52. The summed E-state index contributed by atoms with van der Waals surface area (Å²) in [6.45, 7) is 2.36. The summed E-state index contributed by atoms with van der Waals surface area (Å²) >= 11 is 0. The Morgan fingerprint density at radius 2 is 1.43 bits per heavy atom. The van der Waals surface area contributed by atoms with Crippen LogP contribution in [-0.2, 0) is 0 Å². The van der Waals surface area contributed by atoms with E-state index < -0.39 is 11.9 Å². The maximum absolute atomic E-state index is 13.8. The highest BCUT2D eigenvalue weighted by Crippen LogP contribution is 2.44. The average Bonchev–Trinajstić information content (AvgIpc) is 2.48. The van der Waals surface area contributed by atoms with E-state index >= 15 is 0 Å². The van der Waals surface area contributed by atoms with E-state index in [0.717, 1.165) is 30.6 Å². The fourth-order valence-corrected chi connectivity index (χ4v) is 4.39. The zero-order valence-corrected chi connectivity index (χ0v) is 12.8. The summed E-state index contributed by atoms with van der Waals surface area (Å²) in [6, 6.07) is 2.87. The zero-order valence-electron chi connectivity index (χ0n) is 12.8. The van der Waals surface area contributed by atoms with Gasteiger partial charge in [-0.1, -0.05) is 19.8 Å². The molecule has 0 saturated heterocycles. The number of aromatic nitrogens is 1. The maximum atomic E-state index is 13.8. The standard InChI is InChI=1S/C18H25F2N/c1-12-2-4-13(5-3-12)14-6-8-15(9-7-14)16-10-11-17(19)21-18(16)20/h10-15H,2-9H2,1H3/t12-,13-,14?,15?. The minimum atomic E-state index is -0.721. The summed E-state index contributed by atoms with van der Waals surface area (Å²) in [6.07, 6.45) is 9.96. The van der Waals surface area contributed by atoms with Crippen molar-refractivity contribution in [1.29, 1.82) is 0 Å². The van der Waals surface area contributed by atoms with Gasteiger partial charge in [-0.05, 0) is 74.3 Å². The van der Waals surface area contributed by atoms with Gasteiger partial charge in [0.1, 0.15) is 0 Å². The van der Waals surface area contributed by atoms with E-state index in [0.29, 0.717) is 5.56 Å². The molecule has 1 heterocycles. The smallest absolute Gasteiger partial charge is 0.190 e. The highest BCUT2D eigenvalue weighted by atomic mass is 19.1. The summed E-state index contributed by atoms with van der Waals surface area (Å²) < 4.78 is 26.7. The van der Waals surface area contributed by atoms with Gasteiger partial charge in [0, 0.05) is 5.56 Å². The molecule has 2 fully saturated rings. The van der Waals surface area contributed by atoms with Gasteiger partial charge in [-0.25, -0.2) is 0 Å². The van der Waals surface area contributed by atoms with Crippen LogP contribution in [0.2, 0.25) is 0 Å². The van der Waals surface area contributed by atoms with Gasteiger partial charge in [0.2, 0.25) is 11.9 Å². The molecule has 21 heavy (non-hydrogen) atoms. The Balaban J connectivity index is 1.57. The molecular formula is C18H25F2N. The van der Waals surface area contributed by atoms with Gasteiger partial charge in [0.25, 0.3) is 0 Å². The van der Waals surface area contributed by atoms with Crippen LogP contribution in [0, 0.1) is 29.6 Å². The van der Waals surface area contributed by atoms with Crippen molar-refractivity contribution < 1.29 is 8.78 Å². The lowest BCUT2D eigenvalue weighted by Gasteiger charge is -2.37. The van der Waals surface area contributed by atoms with Crippen LogP contribution in [0.25, 0.3) is 0 Å². The van der Waals surface area contributed by atoms with Gasteiger partial charge in [-0.15, -0.1) is 0 Å². The van der Waals surface area contributed by atoms with Gasteiger partial charge < -0.3 is 0 Å². The molecule has 0 atom stereocenters. The van der Waals surface area contributed by atoms with Crippen LogP contribution < -0.4 is 0 Å². The van der Waals surface area contributed by atoms with E-state index in [2.05, 4.69) is 11.9 Å². The zero-order chi connectivity index (χ0) is 14.8. The number of nitrogens with zero attached hydrogens (tertiary/aromatic N) is 1. The van der Waals surface area contributed by atoms with Crippen LogP contribution in [-0.4, -0.2) is 4.98 Å². The largest absolute Gasteiger partial charge is 0.218 e. The second-order valence-corrected chi connectivity index (χ2v) is 7.15. The molecule has 2 saturated carbocycles. The number of rotatable bonds is 2. The van der Waals surface area contributed by atoms with Crippen LogP contribution in [0.1, 0.15) is 69.8 Å². The predicted molar refractivity (Wildman–Crippen MR) is 80.0 cm³/mol. The lowest BCUT2D eigenvalue weighted by Crippen LogP contribution is -2.25.